The van der Waals surface area contributed by atoms with Crippen LogP contribution in [-0.4, -0.2) is 31.6 Å². The molecule has 0 spiro atoms. The van der Waals surface area contributed by atoms with E-state index in [2.05, 4.69) is 47.2 Å². The zero-order valence-corrected chi connectivity index (χ0v) is 10.5. The quantitative estimate of drug-likeness (QED) is 0.729. The van der Waals surface area contributed by atoms with Crippen molar-refractivity contribution < 1.29 is 0 Å². The number of para-hydroxylation sites is 1. The molecule has 2 aliphatic rings. The molecule has 0 atom stereocenters. The number of rotatable bonds is 1. The van der Waals surface area contributed by atoms with Gasteiger partial charge in [-0.3, -0.25) is 0 Å². The van der Waals surface area contributed by atoms with Crippen molar-refractivity contribution in [1.29, 1.82) is 0 Å². The summed E-state index contributed by atoms with van der Waals surface area (Å²) in [7, 11) is 2.23. The molecule has 0 aromatic heterocycles. The second kappa shape index (κ2) is 4.53. The molecule has 0 fully saturated rings. The zero-order chi connectivity index (χ0) is 11.7. The fourth-order valence-electron chi connectivity index (χ4n) is 3.00. The second-order valence-electron chi connectivity index (χ2n) is 5.13. The summed E-state index contributed by atoms with van der Waals surface area (Å²) < 4.78 is 0. The highest BCUT2D eigenvalue weighted by Crippen LogP contribution is 2.32. The highest BCUT2D eigenvalue weighted by molar-refractivity contribution is 5.54. The minimum atomic E-state index is 1.17. The van der Waals surface area contributed by atoms with Gasteiger partial charge in [-0.05, 0) is 37.6 Å². The molecule has 0 radical (unpaired) electrons. The maximum atomic E-state index is 2.53. The van der Waals surface area contributed by atoms with Crippen molar-refractivity contribution in [2.45, 2.75) is 19.3 Å². The molecule has 2 aliphatic heterocycles. The lowest BCUT2D eigenvalue weighted by molar-refractivity contribution is 0.334. The number of likely N-dealkylation sites (N-methyl/N-ethyl adjacent to an activating group) is 1. The van der Waals surface area contributed by atoms with Gasteiger partial charge in [0, 0.05) is 37.4 Å². The van der Waals surface area contributed by atoms with Gasteiger partial charge in [0.2, 0.25) is 0 Å². The van der Waals surface area contributed by atoms with Crippen LogP contribution in [0.3, 0.4) is 0 Å². The standard InChI is InChI=1S/C15H20N2/c1-16-11-9-15-13(12-16)6-5-10-17(15)14-7-3-2-4-8-14/h2-4,7-8H,5-6,9-12H2,1H3. The van der Waals surface area contributed by atoms with Crippen LogP contribution in [0.2, 0.25) is 0 Å². The first-order chi connectivity index (χ1) is 8.34. The molecule has 17 heavy (non-hydrogen) atoms. The van der Waals surface area contributed by atoms with E-state index in [4.69, 9.17) is 0 Å². The van der Waals surface area contributed by atoms with Crippen molar-refractivity contribution in [3.63, 3.8) is 0 Å². The van der Waals surface area contributed by atoms with Crippen molar-refractivity contribution in [3.8, 4) is 0 Å². The largest absolute Gasteiger partial charge is 0.345 e. The smallest absolute Gasteiger partial charge is 0.0408 e. The SMILES string of the molecule is CN1CCC2=C(CCCN2c2ccccc2)C1. The van der Waals surface area contributed by atoms with Crippen LogP contribution in [0.25, 0.3) is 0 Å². The molecule has 0 unspecified atom stereocenters. The summed E-state index contributed by atoms with van der Waals surface area (Å²) in [5.41, 5.74) is 4.62. The van der Waals surface area contributed by atoms with Crippen LogP contribution >= 0.6 is 0 Å². The van der Waals surface area contributed by atoms with Gasteiger partial charge in [-0.2, -0.15) is 0 Å². The van der Waals surface area contributed by atoms with Crippen LogP contribution in [0.15, 0.2) is 41.6 Å². The molecule has 0 amide bonds. The Morgan fingerprint density at radius 2 is 1.82 bits per heavy atom. The van der Waals surface area contributed by atoms with E-state index in [1.807, 2.05) is 0 Å². The van der Waals surface area contributed by atoms with Crippen LogP contribution in [0.4, 0.5) is 5.69 Å². The van der Waals surface area contributed by atoms with Gasteiger partial charge in [-0.15, -0.1) is 0 Å². The van der Waals surface area contributed by atoms with Gasteiger partial charge < -0.3 is 9.80 Å². The predicted molar refractivity (Wildman–Crippen MR) is 72.2 cm³/mol. The molecule has 90 valence electrons. The van der Waals surface area contributed by atoms with Gasteiger partial charge in [0.05, 0.1) is 0 Å². The monoisotopic (exact) mass is 228 g/mol. The van der Waals surface area contributed by atoms with Crippen molar-refractivity contribution in [3.05, 3.63) is 41.6 Å². The fourth-order valence-corrected chi connectivity index (χ4v) is 3.00. The Labute approximate surface area is 104 Å². The van der Waals surface area contributed by atoms with Gasteiger partial charge in [0.25, 0.3) is 0 Å². The van der Waals surface area contributed by atoms with Crippen molar-refractivity contribution in [2.24, 2.45) is 0 Å². The summed E-state index contributed by atoms with van der Waals surface area (Å²) in [6.07, 6.45) is 3.80. The van der Waals surface area contributed by atoms with Gasteiger partial charge >= 0.3 is 0 Å². The van der Waals surface area contributed by atoms with Crippen LogP contribution in [-0.2, 0) is 0 Å². The molecule has 0 saturated carbocycles. The Balaban J connectivity index is 1.93. The summed E-state index contributed by atoms with van der Waals surface area (Å²) >= 11 is 0. The lowest BCUT2D eigenvalue weighted by Crippen LogP contribution is -2.38. The second-order valence-corrected chi connectivity index (χ2v) is 5.13. The molecule has 3 rings (SSSR count). The summed E-state index contributed by atoms with van der Waals surface area (Å²) in [6, 6.07) is 10.8. The highest BCUT2D eigenvalue weighted by Gasteiger charge is 2.24. The Morgan fingerprint density at radius 1 is 1.00 bits per heavy atom. The van der Waals surface area contributed by atoms with Gasteiger partial charge in [-0.25, -0.2) is 0 Å². The maximum Gasteiger partial charge on any atom is 0.0408 e. The average molecular weight is 228 g/mol. The van der Waals surface area contributed by atoms with Crippen LogP contribution in [0.5, 0.6) is 0 Å². The molecule has 2 heteroatoms. The average Bonchev–Trinajstić information content (AvgIpc) is 2.39. The summed E-state index contributed by atoms with van der Waals surface area (Å²) in [4.78, 5) is 4.97. The van der Waals surface area contributed by atoms with Crippen molar-refractivity contribution >= 4 is 5.69 Å². The van der Waals surface area contributed by atoms with E-state index >= 15 is 0 Å². The summed E-state index contributed by atoms with van der Waals surface area (Å²) in [6.45, 7) is 3.55. The first-order valence-electron chi connectivity index (χ1n) is 6.56. The minimum Gasteiger partial charge on any atom is -0.345 e. The topological polar surface area (TPSA) is 6.48 Å². The number of hydrogen-bond acceptors (Lipinski definition) is 2. The molecule has 1 aromatic carbocycles. The molecule has 1 aromatic rings. The summed E-state index contributed by atoms with van der Waals surface area (Å²) in [5, 5.41) is 0. The summed E-state index contributed by atoms with van der Waals surface area (Å²) in [5.74, 6) is 0. The van der Waals surface area contributed by atoms with Gasteiger partial charge in [0.1, 0.15) is 0 Å². The third-order valence-corrected chi connectivity index (χ3v) is 3.85. The maximum absolute atomic E-state index is 2.53. The van der Waals surface area contributed by atoms with E-state index in [-0.39, 0.29) is 0 Å². The molecule has 2 heterocycles. The Morgan fingerprint density at radius 3 is 2.65 bits per heavy atom. The number of nitrogens with zero attached hydrogens (tertiary/aromatic N) is 2. The van der Waals surface area contributed by atoms with E-state index in [0.29, 0.717) is 0 Å². The molecule has 2 nitrogen and oxygen atoms in total. The molecular formula is C15H20N2. The third kappa shape index (κ3) is 2.09. The van der Waals surface area contributed by atoms with Crippen LogP contribution in [0, 0.1) is 0 Å². The first kappa shape index (κ1) is 10.8. The van der Waals surface area contributed by atoms with E-state index in [1.165, 1.54) is 44.6 Å². The predicted octanol–water partition coefficient (Wildman–Crippen LogP) is 2.88. The van der Waals surface area contributed by atoms with E-state index in [0.717, 1.165) is 0 Å². The van der Waals surface area contributed by atoms with Crippen LogP contribution in [0.1, 0.15) is 19.3 Å². The molecule has 0 aliphatic carbocycles. The lowest BCUT2D eigenvalue weighted by atomic mass is 9.96. The van der Waals surface area contributed by atoms with Gasteiger partial charge in [0.15, 0.2) is 0 Å². The van der Waals surface area contributed by atoms with Gasteiger partial charge in [-0.1, -0.05) is 18.2 Å². The minimum absolute atomic E-state index is 1.17. The molecule has 0 saturated heterocycles. The fraction of sp³-hybridized carbons (Fsp3) is 0.467. The first-order valence-corrected chi connectivity index (χ1v) is 6.56. The zero-order valence-electron chi connectivity index (χ0n) is 10.5. The molecule has 0 bridgehead atoms. The number of benzene rings is 1. The lowest BCUT2D eigenvalue weighted by Gasteiger charge is -2.39. The Hall–Kier alpha value is -1.28. The van der Waals surface area contributed by atoms with E-state index in [1.54, 1.807) is 11.3 Å². The highest BCUT2D eigenvalue weighted by atomic mass is 15.2. The van der Waals surface area contributed by atoms with Crippen molar-refractivity contribution in [1.82, 2.24) is 4.90 Å². The molecular weight excluding hydrogens is 208 g/mol. The number of hydrogen-bond donors (Lipinski definition) is 0. The number of anilines is 1. The van der Waals surface area contributed by atoms with Crippen molar-refractivity contribution in [2.75, 3.05) is 31.6 Å². The molecule has 0 N–H and O–H groups in total. The van der Waals surface area contributed by atoms with E-state index < -0.39 is 0 Å². The Bertz CT molecular complexity index is 422. The third-order valence-electron chi connectivity index (χ3n) is 3.85. The normalized spacial score (nSPS) is 21.6. The van der Waals surface area contributed by atoms with E-state index in [9.17, 15) is 0 Å². The van der Waals surface area contributed by atoms with Crippen LogP contribution < -0.4 is 4.90 Å². The Kier molecular flexibility index (Phi) is 2.89.